The molecule has 1 aromatic rings. The third kappa shape index (κ3) is 3.06. The van der Waals surface area contributed by atoms with Crippen molar-refractivity contribution in [2.75, 3.05) is 31.6 Å². The summed E-state index contributed by atoms with van der Waals surface area (Å²) in [6.45, 7) is 6.16. The molecule has 2 aliphatic rings. The van der Waals surface area contributed by atoms with Gasteiger partial charge in [0, 0.05) is 31.7 Å². The molecular formula is C17H26FN3. The number of nitrogens with one attached hydrogen (secondary N) is 1. The van der Waals surface area contributed by atoms with Crippen LogP contribution in [-0.4, -0.2) is 43.7 Å². The van der Waals surface area contributed by atoms with Crippen molar-refractivity contribution < 1.29 is 4.39 Å². The molecule has 0 aliphatic carbocycles. The summed E-state index contributed by atoms with van der Waals surface area (Å²) in [7, 11) is 1.89. The van der Waals surface area contributed by atoms with Crippen molar-refractivity contribution in [2.45, 2.75) is 44.8 Å². The summed E-state index contributed by atoms with van der Waals surface area (Å²) in [5.41, 5.74) is 1.77. The molecule has 0 spiro atoms. The Labute approximate surface area is 127 Å². The fraction of sp³-hybridized carbons (Fsp3) is 0.647. The minimum Gasteiger partial charge on any atom is -0.364 e. The molecule has 4 heteroatoms. The van der Waals surface area contributed by atoms with E-state index >= 15 is 0 Å². The van der Waals surface area contributed by atoms with E-state index in [2.05, 4.69) is 22.0 Å². The van der Waals surface area contributed by atoms with Crippen LogP contribution in [-0.2, 0) is 6.54 Å². The molecular weight excluding hydrogens is 265 g/mol. The molecule has 0 bridgehead atoms. The van der Waals surface area contributed by atoms with Crippen LogP contribution in [0.15, 0.2) is 18.2 Å². The molecule has 2 aliphatic heterocycles. The molecule has 0 radical (unpaired) electrons. The van der Waals surface area contributed by atoms with E-state index in [4.69, 9.17) is 0 Å². The second-order valence-corrected chi connectivity index (χ2v) is 6.46. The highest BCUT2D eigenvalue weighted by Gasteiger charge is 2.33. The van der Waals surface area contributed by atoms with Crippen LogP contribution in [0.3, 0.4) is 0 Å². The topological polar surface area (TPSA) is 18.5 Å². The van der Waals surface area contributed by atoms with Crippen molar-refractivity contribution >= 4 is 5.69 Å². The van der Waals surface area contributed by atoms with Crippen LogP contribution in [0.1, 0.15) is 31.7 Å². The predicted octanol–water partition coefficient (Wildman–Crippen LogP) is 2.61. The molecule has 2 heterocycles. The summed E-state index contributed by atoms with van der Waals surface area (Å²) >= 11 is 0. The van der Waals surface area contributed by atoms with Crippen LogP contribution in [0.25, 0.3) is 0 Å². The molecule has 2 unspecified atom stereocenters. The quantitative estimate of drug-likeness (QED) is 0.923. The first-order valence-corrected chi connectivity index (χ1v) is 8.12. The van der Waals surface area contributed by atoms with Gasteiger partial charge in [0.25, 0.3) is 0 Å². The highest BCUT2D eigenvalue weighted by atomic mass is 19.1. The molecule has 2 saturated heterocycles. The van der Waals surface area contributed by atoms with Gasteiger partial charge in [0.15, 0.2) is 0 Å². The lowest BCUT2D eigenvalue weighted by Crippen LogP contribution is -2.59. The smallest absolute Gasteiger partial charge is 0.146 e. The Kier molecular flexibility index (Phi) is 4.45. The van der Waals surface area contributed by atoms with Crippen molar-refractivity contribution in [2.24, 2.45) is 0 Å². The second kappa shape index (κ2) is 6.32. The lowest BCUT2D eigenvalue weighted by atomic mass is 9.96. The van der Waals surface area contributed by atoms with Crippen molar-refractivity contribution in [1.82, 2.24) is 10.2 Å². The van der Waals surface area contributed by atoms with Crippen molar-refractivity contribution in [3.63, 3.8) is 0 Å². The second-order valence-electron chi connectivity index (χ2n) is 6.46. The molecule has 116 valence electrons. The van der Waals surface area contributed by atoms with Gasteiger partial charge in [0.05, 0.1) is 5.69 Å². The number of nitrogens with zero attached hydrogens (tertiary/aromatic N) is 2. The predicted molar refractivity (Wildman–Crippen MR) is 85.2 cm³/mol. The zero-order chi connectivity index (χ0) is 14.8. The Bertz CT molecular complexity index is 491. The van der Waals surface area contributed by atoms with Gasteiger partial charge in [-0.2, -0.15) is 0 Å². The van der Waals surface area contributed by atoms with Crippen LogP contribution in [0, 0.1) is 5.82 Å². The summed E-state index contributed by atoms with van der Waals surface area (Å²) in [6, 6.07) is 6.65. The summed E-state index contributed by atoms with van der Waals surface area (Å²) < 4.78 is 14.5. The summed E-state index contributed by atoms with van der Waals surface area (Å²) in [4.78, 5) is 4.86. The van der Waals surface area contributed by atoms with Gasteiger partial charge in [-0.1, -0.05) is 12.5 Å². The Morgan fingerprint density at radius 1 is 1.29 bits per heavy atom. The number of benzene rings is 1. The molecule has 1 N–H and O–H groups in total. The average molecular weight is 291 g/mol. The van der Waals surface area contributed by atoms with Gasteiger partial charge in [0.2, 0.25) is 0 Å². The van der Waals surface area contributed by atoms with Crippen LogP contribution < -0.4 is 10.2 Å². The number of halogens is 1. The zero-order valence-corrected chi connectivity index (χ0v) is 13.1. The maximum absolute atomic E-state index is 14.5. The number of rotatable bonds is 3. The third-order valence-corrected chi connectivity index (χ3v) is 4.89. The fourth-order valence-corrected chi connectivity index (χ4v) is 3.79. The van der Waals surface area contributed by atoms with E-state index in [0.29, 0.717) is 18.6 Å². The zero-order valence-electron chi connectivity index (χ0n) is 13.1. The van der Waals surface area contributed by atoms with Gasteiger partial charge in [0.1, 0.15) is 5.82 Å². The maximum atomic E-state index is 14.5. The van der Waals surface area contributed by atoms with Crippen LogP contribution in [0.2, 0.25) is 0 Å². The molecule has 3 rings (SSSR count). The standard InChI is InChI=1S/C17H26FN3/c1-13-11-20-8-4-3-5-15(20)12-21(13)17-7-6-14(10-19-2)9-16(17)18/h6-7,9,13,15,19H,3-5,8,10-12H2,1-2H3. The van der Waals surface area contributed by atoms with Gasteiger partial charge in [-0.05, 0) is 51.1 Å². The average Bonchev–Trinajstić information content (AvgIpc) is 2.47. The first-order chi connectivity index (χ1) is 10.2. The lowest BCUT2D eigenvalue weighted by molar-refractivity contribution is 0.115. The molecule has 0 amide bonds. The first kappa shape index (κ1) is 14.8. The van der Waals surface area contributed by atoms with Crippen molar-refractivity contribution in [3.05, 3.63) is 29.6 Å². The molecule has 21 heavy (non-hydrogen) atoms. The Morgan fingerprint density at radius 3 is 2.90 bits per heavy atom. The molecule has 2 fully saturated rings. The summed E-state index contributed by atoms with van der Waals surface area (Å²) in [5, 5.41) is 3.07. The van der Waals surface area contributed by atoms with Gasteiger partial charge >= 0.3 is 0 Å². The van der Waals surface area contributed by atoms with E-state index in [-0.39, 0.29) is 5.82 Å². The third-order valence-electron chi connectivity index (χ3n) is 4.89. The molecule has 2 atom stereocenters. The van der Waals surface area contributed by atoms with E-state index in [1.807, 2.05) is 19.2 Å². The fourth-order valence-electron chi connectivity index (χ4n) is 3.79. The van der Waals surface area contributed by atoms with Gasteiger partial charge in [-0.3, -0.25) is 4.90 Å². The highest BCUT2D eigenvalue weighted by molar-refractivity contribution is 5.51. The van der Waals surface area contributed by atoms with Gasteiger partial charge in [-0.25, -0.2) is 4.39 Å². The molecule has 0 aromatic heterocycles. The molecule has 0 saturated carbocycles. The number of anilines is 1. The Morgan fingerprint density at radius 2 is 2.14 bits per heavy atom. The minimum absolute atomic E-state index is 0.0844. The van der Waals surface area contributed by atoms with Gasteiger partial charge in [-0.15, -0.1) is 0 Å². The van der Waals surface area contributed by atoms with Crippen LogP contribution in [0.4, 0.5) is 10.1 Å². The van der Waals surface area contributed by atoms with E-state index in [1.54, 1.807) is 6.07 Å². The number of hydrogen-bond donors (Lipinski definition) is 1. The SMILES string of the molecule is CNCc1ccc(N2CC3CCCCN3CC2C)c(F)c1. The first-order valence-electron chi connectivity index (χ1n) is 8.12. The number of hydrogen-bond acceptors (Lipinski definition) is 3. The normalized spacial score (nSPS) is 26.7. The lowest BCUT2D eigenvalue weighted by Gasteiger charge is -2.48. The number of piperazine rings is 1. The van der Waals surface area contributed by atoms with E-state index in [0.717, 1.165) is 24.3 Å². The van der Waals surface area contributed by atoms with E-state index in [1.165, 1.54) is 25.8 Å². The van der Waals surface area contributed by atoms with Gasteiger partial charge < -0.3 is 10.2 Å². The van der Waals surface area contributed by atoms with E-state index in [9.17, 15) is 4.39 Å². The Balaban J connectivity index is 1.79. The van der Waals surface area contributed by atoms with Crippen molar-refractivity contribution in [3.8, 4) is 0 Å². The summed E-state index contributed by atoms with van der Waals surface area (Å²) in [6.07, 6.45) is 3.88. The van der Waals surface area contributed by atoms with Crippen molar-refractivity contribution in [1.29, 1.82) is 0 Å². The molecule has 1 aromatic carbocycles. The van der Waals surface area contributed by atoms with Crippen LogP contribution in [0.5, 0.6) is 0 Å². The number of fused-ring (bicyclic) bond motifs is 1. The maximum Gasteiger partial charge on any atom is 0.146 e. The molecule has 3 nitrogen and oxygen atoms in total. The largest absolute Gasteiger partial charge is 0.364 e. The number of piperidine rings is 1. The monoisotopic (exact) mass is 291 g/mol. The highest BCUT2D eigenvalue weighted by Crippen LogP contribution is 2.30. The summed E-state index contributed by atoms with van der Waals surface area (Å²) in [5.74, 6) is -0.0844. The Hall–Kier alpha value is -1.13. The van der Waals surface area contributed by atoms with E-state index < -0.39 is 0 Å². The van der Waals surface area contributed by atoms with Crippen LogP contribution >= 0.6 is 0 Å². The minimum atomic E-state index is -0.0844.